The maximum Gasteiger partial charge on any atom is 0.120 e. The Bertz CT molecular complexity index is 415. The molecule has 0 atom stereocenters. The Kier molecular flexibility index (Phi) is 5.90. The molecule has 0 aliphatic carbocycles. The van der Waals surface area contributed by atoms with Crippen LogP contribution in [0, 0.1) is 24.2 Å². The number of ether oxygens (including phenoxy) is 1. The van der Waals surface area contributed by atoms with Crippen LogP contribution in [0.2, 0.25) is 0 Å². The van der Waals surface area contributed by atoms with Gasteiger partial charge in [-0.25, -0.2) is 0 Å². The van der Waals surface area contributed by atoms with Crippen LogP contribution in [0.4, 0.5) is 0 Å². The molecular weight excluding hydrogens is 226 g/mol. The fourth-order valence-corrected chi connectivity index (χ4v) is 1.74. The molecule has 1 heterocycles. The van der Waals surface area contributed by atoms with Crippen LogP contribution in [-0.4, -0.2) is 24.3 Å². The van der Waals surface area contributed by atoms with E-state index in [1.165, 1.54) is 5.56 Å². The lowest BCUT2D eigenvalue weighted by Gasteiger charge is -2.08. The Morgan fingerprint density at radius 1 is 1.50 bits per heavy atom. The third-order valence-electron chi connectivity index (χ3n) is 2.94. The van der Waals surface area contributed by atoms with Gasteiger partial charge in [0.1, 0.15) is 11.8 Å². The molecule has 0 saturated heterocycles. The summed E-state index contributed by atoms with van der Waals surface area (Å²) >= 11 is 0. The number of hydrogen-bond donors (Lipinski definition) is 1. The van der Waals surface area contributed by atoms with Crippen molar-refractivity contribution in [3.8, 4) is 6.07 Å². The molecule has 0 aliphatic heterocycles. The van der Waals surface area contributed by atoms with Gasteiger partial charge in [-0.2, -0.15) is 5.26 Å². The third kappa shape index (κ3) is 4.17. The lowest BCUT2D eigenvalue weighted by molar-refractivity contribution is 0.111. The van der Waals surface area contributed by atoms with Crippen LogP contribution in [0.25, 0.3) is 0 Å². The molecule has 18 heavy (non-hydrogen) atoms. The molecule has 0 fully saturated rings. The molecule has 1 aromatic heterocycles. The summed E-state index contributed by atoms with van der Waals surface area (Å²) in [5.74, 6) is 0.583. The maximum atomic E-state index is 8.94. The van der Waals surface area contributed by atoms with E-state index in [4.69, 9.17) is 10.00 Å². The zero-order valence-corrected chi connectivity index (χ0v) is 11.8. The molecule has 1 N–H and O–H groups in total. The van der Waals surface area contributed by atoms with Gasteiger partial charge in [-0.05, 0) is 24.5 Å². The Morgan fingerprint density at radius 2 is 2.22 bits per heavy atom. The number of nitrogens with one attached hydrogen (secondary N) is 1. The molecule has 0 amide bonds. The highest BCUT2D eigenvalue weighted by Gasteiger charge is 2.07. The van der Waals surface area contributed by atoms with Gasteiger partial charge in [0, 0.05) is 32.4 Å². The lowest BCUT2D eigenvalue weighted by atomic mass is 10.2. The molecule has 0 saturated carbocycles. The largest absolute Gasteiger partial charge is 0.380 e. The Hall–Kier alpha value is -1.31. The van der Waals surface area contributed by atoms with Gasteiger partial charge < -0.3 is 14.6 Å². The molecular formula is C14H23N3O. The second-order valence-corrected chi connectivity index (χ2v) is 4.96. The van der Waals surface area contributed by atoms with E-state index in [1.54, 1.807) is 0 Å². The number of rotatable bonds is 7. The van der Waals surface area contributed by atoms with Crippen molar-refractivity contribution in [2.75, 3.05) is 19.8 Å². The Morgan fingerprint density at radius 3 is 2.78 bits per heavy atom. The normalized spacial score (nSPS) is 10.9. The van der Waals surface area contributed by atoms with Crippen LogP contribution >= 0.6 is 0 Å². The average Bonchev–Trinajstić information content (AvgIpc) is 2.60. The maximum absolute atomic E-state index is 8.94. The SMILES string of the molecule is Cc1c(CNCCOCC(C)C)cc(C#N)n1C. The number of nitriles is 1. The summed E-state index contributed by atoms with van der Waals surface area (Å²) in [7, 11) is 1.92. The van der Waals surface area contributed by atoms with Gasteiger partial charge >= 0.3 is 0 Å². The van der Waals surface area contributed by atoms with Gasteiger partial charge in [0.2, 0.25) is 0 Å². The first-order chi connectivity index (χ1) is 8.56. The predicted molar refractivity (Wildman–Crippen MR) is 72.2 cm³/mol. The molecule has 0 aromatic carbocycles. The van der Waals surface area contributed by atoms with E-state index in [0.29, 0.717) is 11.6 Å². The van der Waals surface area contributed by atoms with Gasteiger partial charge in [0.25, 0.3) is 0 Å². The second-order valence-electron chi connectivity index (χ2n) is 4.96. The molecule has 100 valence electrons. The number of hydrogen-bond acceptors (Lipinski definition) is 3. The van der Waals surface area contributed by atoms with Crippen molar-refractivity contribution in [1.29, 1.82) is 5.26 Å². The van der Waals surface area contributed by atoms with Crippen LogP contribution in [0.3, 0.4) is 0 Å². The zero-order chi connectivity index (χ0) is 13.5. The highest BCUT2D eigenvalue weighted by molar-refractivity contribution is 5.33. The van der Waals surface area contributed by atoms with Crippen molar-refractivity contribution >= 4 is 0 Å². The van der Waals surface area contributed by atoms with Crippen LogP contribution < -0.4 is 5.32 Å². The standard InChI is InChI=1S/C14H23N3O/c1-11(2)10-18-6-5-16-9-13-7-14(8-15)17(4)12(13)3/h7,11,16H,5-6,9-10H2,1-4H3. The molecule has 0 radical (unpaired) electrons. The summed E-state index contributed by atoms with van der Waals surface area (Å²) < 4.78 is 7.42. The molecule has 0 bridgehead atoms. The van der Waals surface area contributed by atoms with E-state index in [1.807, 2.05) is 24.6 Å². The van der Waals surface area contributed by atoms with Crippen molar-refractivity contribution in [3.05, 3.63) is 23.0 Å². The molecule has 0 unspecified atom stereocenters. The second kappa shape index (κ2) is 7.20. The highest BCUT2D eigenvalue weighted by Crippen LogP contribution is 2.12. The molecule has 1 rings (SSSR count). The van der Waals surface area contributed by atoms with Crippen molar-refractivity contribution in [2.45, 2.75) is 27.3 Å². The Labute approximate surface area is 110 Å². The van der Waals surface area contributed by atoms with Gasteiger partial charge in [-0.3, -0.25) is 0 Å². The van der Waals surface area contributed by atoms with E-state index in [9.17, 15) is 0 Å². The fourth-order valence-electron chi connectivity index (χ4n) is 1.74. The number of nitrogens with zero attached hydrogens (tertiary/aromatic N) is 2. The van der Waals surface area contributed by atoms with Crippen molar-refractivity contribution in [3.63, 3.8) is 0 Å². The van der Waals surface area contributed by atoms with E-state index in [0.717, 1.165) is 32.0 Å². The van der Waals surface area contributed by atoms with Crippen LogP contribution in [0.5, 0.6) is 0 Å². The minimum absolute atomic E-state index is 0.583. The van der Waals surface area contributed by atoms with Gasteiger partial charge in [0.05, 0.1) is 6.61 Å². The van der Waals surface area contributed by atoms with Crippen molar-refractivity contribution in [1.82, 2.24) is 9.88 Å². The summed E-state index contributed by atoms with van der Waals surface area (Å²) in [5, 5.41) is 12.3. The van der Waals surface area contributed by atoms with E-state index in [2.05, 4.69) is 25.2 Å². The van der Waals surface area contributed by atoms with Gasteiger partial charge in [-0.15, -0.1) is 0 Å². The number of aromatic nitrogens is 1. The summed E-state index contributed by atoms with van der Waals surface area (Å²) in [6, 6.07) is 4.13. The molecule has 0 spiro atoms. The minimum Gasteiger partial charge on any atom is -0.380 e. The first kappa shape index (κ1) is 14.7. The van der Waals surface area contributed by atoms with E-state index >= 15 is 0 Å². The summed E-state index contributed by atoms with van der Waals surface area (Å²) in [6.45, 7) is 9.48. The quantitative estimate of drug-likeness (QED) is 0.752. The van der Waals surface area contributed by atoms with Gasteiger partial charge in [-0.1, -0.05) is 13.8 Å². The summed E-state index contributed by atoms with van der Waals surface area (Å²) in [6.07, 6.45) is 0. The summed E-state index contributed by atoms with van der Waals surface area (Å²) in [4.78, 5) is 0. The monoisotopic (exact) mass is 249 g/mol. The zero-order valence-electron chi connectivity index (χ0n) is 11.8. The molecule has 4 heteroatoms. The molecule has 4 nitrogen and oxygen atoms in total. The fraction of sp³-hybridized carbons (Fsp3) is 0.643. The average molecular weight is 249 g/mol. The smallest absolute Gasteiger partial charge is 0.120 e. The lowest BCUT2D eigenvalue weighted by Crippen LogP contribution is -2.20. The van der Waals surface area contributed by atoms with Crippen molar-refractivity contribution in [2.24, 2.45) is 13.0 Å². The highest BCUT2D eigenvalue weighted by atomic mass is 16.5. The summed E-state index contributed by atoms with van der Waals surface area (Å²) in [5.41, 5.74) is 3.03. The van der Waals surface area contributed by atoms with E-state index in [-0.39, 0.29) is 0 Å². The first-order valence-electron chi connectivity index (χ1n) is 6.40. The first-order valence-corrected chi connectivity index (χ1v) is 6.40. The topological polar surface area (TPSA) is 50.0 Å². The Balaban J connectivity index is 2.30. The predicted octanol–water partition coefficient (Wildman–Crippen LogP) is 1.97. The molecule has 0 aliphatic rings. The van der Waals surface area contributed by atoms with Gasteiger partial charge in [0.15, 0.2) is 0 Å². The van der Waals surface area contributed by atoms with Crippen LogP contribution in [-0.2, 0) is 18.3 Å². The van der Waals surface area contributed by atoms with Crippen LogP contribution in [0.15, 0.2) is 6.07 Å². The third-order valence-corrected chi connectivity index (χ3v) is 2.94. The van der Waals surface area contributed by atoms with Crippen molar-refractivity contribution < 1.29 is 4.74 Å². The van der Waals surface area contributed by atoms with Crippen LogP contribution in [0.1, 0.15) is 30.8 Å². The molecule has 1 aromatic rings. The minimum atomic E-state index is 0.583. The van der Waals surface area contributed by atoms with E-state index < -0.39 is 0 Å².